The molecule has 1 aromatic rings. The molecule has 1 aromatic carbocycles. The second-order valence-corrected chi connectivity index (χ2v) is 3.59. The molecule has 0 atom stereocenters. The molecule has 0 spiro atoms. The Morgan fingerprint density at radius 3 is 2.39 bits per heavy atom. The van der Waals surface area contributed by atoms with Gasteiger partial charge in [0.05, 0.1) is 17.9 Å². The van der Waals surface area contributed by atoms with Gasteiger partial charge in [-0.15, -0.1) is 0 Å². The van der Waals surface area contributed by atoms with Gasteiger partial charge in [-0.25, -0.2) is 0 Å². The van der Waals surface area contributed by atoms with E-state index in [-0.39, 0.29) is 18.1 Å². The standard InChI is InChI=1S/C11H14F3N3O/c1-15-6-10(18)17-9-5-3-2-4-8(9)16-7-11(12,13)14/h2-5,15-16H,6-7H2,1H3,(H,17,18). The van der Waals surface area contributed by atoms with Crippen molar-refractivity contribution in [2.75, 3.05) is 30.8 Å². The molecule has 0 aliphatic heterocycles. The lowest BCUT2D eigenvalue weighted by molar-refractivity contribution is -0.115. The Morgan fingerprint density at radius 1 is 1.22 bits per heavy atom. The molecular weight excluding hydrogens is 247 g/mol. The van der Waals surface area contributed by atoms with E-state index in [0.29, 0.717) is 5.69 Å². The van der Waals surface area contributed by atoms with Crippen LogP contribution in [0, 0.1) is 0 Å². The average Bonchev–Trinajstić information content (AvgIpc) is 2.27. The van der Waals surface area contributed by atoms with Crippen LogP contribution in [-0.2, 0) is 4.79 Å². The van der Waals surface area contributed by atoms with Gasteiger partial charge in [-0.2, -0.15) is 13.2 Å². The molecule has 0 unspecified atom stereocenters. The lowest BCUT2D eigenvalue weighted by atomic mass is 10.2. The summed E-state index contributed by atoms with van der Waals surface area (Å²) < 4.78 is 36.3. The molecule has 0 fully saturated rings. The highest BCUT2D eigenvalue weighted by atomic mass is 19.4. The van der Waals surface area contributed by atoms with Crippen LogP contribution in [0.25, 0.3) is 0 Å². The Balaban J connectivity index is 2.70. The van der Waals surface area contributed by atoms with E-state index < -0.39 is 12.7 Å². The highest BCUT2D eigenvalue weighted by molar-refractivity contribution is 5.95. The number of para-hydroxylation sites is 2. The fourth-order valence-electron chi connectivity index (χ4n) is 1.30. The van der Waals surface area contributed by atoms with Crippen molar-refractivity contribution in [3.8, 4) is 0 Å². The van der Waals surface area contributed by atoms with E-state index in [2.05, 4.69) is 16.0 Å². The molecule has 0 aromatic heterocycles. The van der Waals surface area contributed by atoms with Crippen LogP contribution in [0.4, 0.5) is 24.5 Å². The predicted molar refractivity (Wildman–Crippen MR) is 63.5 cm³/mol. The van der Waals surface area contributed by atoms with Crippen LogP contribution < -0.4 is 16.0 Å². The number of alkyl halides is 3. The summed E-state index contributed by atoms with van der Waals surface area (Å²) in [5.41, 5.74) is 0.557. The van der Waals surface area contributed by atoms with Crippen LogP contribution in [0.2, 0.25) is 0 Å². The van der Waals surface area contributed by atoms with E-state index in [0.717, 1.165) is 0 Å². The van der Waals surface area contributed by atoms with Crippen molar-refractivity contribution in [1.82, 2.24) is 5.32 Å². The van der Waals surface area contributed by atoms with E-state index in [4.69, 9.17) is 0 Å². The number of hydrogen-bond acceptors (Lipinski definition) is 3. The molecule has 0 bridgehead atoms. The summed E-state index contributed by atoms with van der Waals surface area (Å²) in [7, 11) is 1.60. The van der Waals surface area contributed by atoms with Gasteiger partial charge in [0, 0.05) is 0 Å². The summed E-state index contributed by atoms with van der Waals surface area (Å²) in [6, 6.07) is 6.23. The normalized spacial score (nSPS) is 11.1. The minimum Gasteiger partial charge on any atom is -0.375 e. The summed E-state index contributed by atoms with van der Waals surface area (Å²) >= 11 is 0. The number of halogens is 3. The maximum absolute atomic E-state index is 12.1. The number of anilines is 2. The molecule has 0 heterocycles. The minimum atomic E-state index is -4.30. The average molecular weight is 261 g/mol. The zero-order valence-corrected chi connectivity index (χ0v) is 9.77. The molecule has 100 valence electrons. The molecule has 18 heavy (non-hydrogen) atoms. The number of amides is 1. The maximum atomic E-state index is 12.1. The summed E-state index contributed by atoms with van der Waals surface area (Å²) in [4.78, 5) is 11.3. The van der Waals surface area contributed by atoms with Gasteiger partial charge >= 0.3 is 6.18 Å². The first-order chi connectivity index (χ1) is 8.42. The topological polar surface area (TPSA) is 53.2 Å². The predicted octanol–water partition coefficient (Wildman–Crippen LogP) is 1.82. The molecule has 0 radical (unpaired) electrons. The summed E-state index contributed by atoms with van der Waals surface area (Å²) in [5.74, 6) is -0.321. The first-order valence-corrected chi connectivity index (χ1v) is 5.26. The minimum absolute atomic E-state index is 0.0909. The summed E-state index contributed by atoms with van der Waals surface area (Å²) in [5, 5.41) is 7.41. The van der Waals surface area contributed by atoms with E-state index in [9.17, 15) is 18.0 Å². The smallest absolute Gasteiger partial charge is 0.375 e. The van der Waals surface area contributed by atoms with Gasteiger partial charge in [-0.05, 0) is 19.2 Å². The van der Waals surface area contributed by atoms with E-state index in [1.807, 2.05) is 0 Å². The van der Waals surface area contributed by atoms with E-state index in [1.165, 1.54) is 12.1 Å². The van der Waals surface area contributed by atoms with Crippen molar-refractivity contribution in [2.45, 2.75) is 6.18 Å². The molecule has 0 saturated heterocycles. The fourth-order valence-corrected chi connectivity index (χ4v) is 1.30. The van der Waals surface area contributed by atoms with Crippen LogP contribution >= 0.6 is 0 Å². The van der Waals surface area contributed by atoms with Gasteiger partial charge < -0.3 is 16.0 Å². The number of hydrogen-bond donors (Lipinski definition) is 3. The summed E-state index contributed by atoms with van der Waals surface area (Å²) in [6.45, 7) is -1.06. The zero-order chi connectivity index (χ0) is 13.6. The van der Waals surface area contributed by atoms with Crippen molar-refractivity contribution in [3.05, 3.63) is 24.3 Å². The summed E-state index contributed by atoms with van der Waals surface area (Å²) in [6.07, 6.45) is -4.30. The lowest BCUT2D eigenvalue weighted by Crippen LogP contribution is -2.26. The molecule has 4 nitrogen and oxygen atoms in total. The van der Waals surface area contributed by atoms with Crippen LogP contribution in [0.3, 0.4) is 0 Å². The molecule has 3 N–H and O–H groups in total. The number of nitrogens with one attached hydrogen (secondary N) is 3. The van der Waals surface area contributed by atoms with Crippen molar-refractivity contribution >= 4 is 17.3 Å². The van der Waals surface area contributed by atoms with Gasteiger partial charge in [0.15, 0.2) is 0 Å². The third kappa shape index (κ3) is 5.05. The molecular formula is C11H14F3N3O. The number of benzene rings is 1. The van der Waals surface area contributed by atoms with Gasteiger partial charge in [0.1, 0.15) is 6.54 Å². The van der Waals surface area contributed by atoms with Gasteiger partial charge in [0.25, 0.3) is 0 Å². The van der Waals surface area contributed by atoms with Crippen LogP contribution in [0.15, 0.2) is 24.3 Å². The van der Waals surface area contributed by atoms with Crippen molar-refractivity contribution in [3.63, 3.8) is 0 Å². The fraction of sp³-hybridized carbons (Fsp3) is 0.364. The van der Waals surface area contributed by atoms with Gasteiger partial charge in [0.2, 0.25) is 5.91 Å². The molecule has 1 rings (SSSR count). The second-order valence-electron chi connectivity index (χ2n) is 3.59. The number of likely N-dealkylation sites (N-methyl/N-ethyl adjacent to an activating group) is 1. The van der Waals surface area contributed by atoms with Crippen LogP contribution in [-0.4, -0.2) is 32.2 Å². The largest absolute Gasteiger partial charge is 0.405 e. The van der Waals surface area contributed by atoms with E-state index in [1.54, 1.807) is 19.2 Å². The number of rotatable bonds is 5. The third-order valence-electron chi connectivity index (χ3n) is 2.02. The Hall–Kier alpha value is -1.76. The van der Waals surface area contributed by atoms with E-state index >= 15 is 0 Å². The highest BCUT2D eigenvalue weighted by Crippen LogP contribution is 2.23. The SMILES string of the molecule is CNCC(=O)Nc1ccccc1NCC(F)(F)F. The second kappa shape index (κ2) is 6.25. The maximum Gasteiger partial charge on any atom is 0.405 e. The quantitative estimate of drug-likeness (QED) is 0.757. The van der Waals surface area contributed by atoms with Gasteiger partial charge in [-0.1, -0.05) is 12.1 Å². The van der Waals surface area contributed by atoms with Gasteiger partial charge in [-0.3, -0.25) is 4.79 Å². The Labute approximate surface area is 103 Å². The molecule has 0 saturated carbocycles. The molecule has 0 aliphatic carbocycles. The Kier molecular flexibility index (Phi) is 4.96. The van der Waals surface area contributed by atoms with Crippen molar-refractivity contribution in [1.29, 1.82) is 0 Å². The Bertz CT molecular complexity index is 407. The molecule has 7 heteroatoms. The van der Waals surface area contributed by atoms with Crippen molar-refractivity contribution in [2.24, 2.45) is 0 Å². The highest BCUT2D eigenvalue weighted by Gasteiger charge is 2.26. The third-order valence-corrected chi connectivity index (χ3v) is 2.02. The lowest BCUT2D eigenvalue weighted by Gasteiger charge is -2.14. The first-order valence-electron chi connectivity index (χ1n) is 5.26. The number of carbonyl (C=O) groups is 1. The monoisotopic (exact) mass is 261 g/mol. The first kappa shape index (κ1) is 14.3. The number of carbonyl (C=O) groups excluding carboxylic acids is 1. The molecule has 0 aliphatic rings. The Morgan fingerprint density at radius 2 is 1.83 bits per heavy atom. The van der Waals surface area contributed by atoms with Crippen LogP contribution in [0.5, 0.6) is 0 Å². The molecule has 1 amide bonds. The van der Waals surface area contributed by atoms with Crippen molar-refractivity contribution < 1.29 is 18.0 Å². The zero-order valence-electron chi connectivity index (χ0n) is 9.77. The van der Waals surface area contributed by atoms with Crippen LogP contribution in [0.1, 0.15) is 0 Å².